The second kappa shape index (κ2) is 8.97. The van der Waals surface area contributed by atoms with Crippen LogP contribution in [0.2, 0.25) is 0 Å². The van der Waals surface area contributed by atoms with E-state index < -0.39 is 11.9 Å². The summed E-state index contributed by atoms with van der Waals surface area (Å²) in [6.45, 7) is 2.15. The maximum Gasteiger partial charge on any atom is 0.314 e. The van der Waals surface area contributed by atoms with Gasteiger partial charge in [-0.15, -0.1) is 0 Å². The van der Waals surface area contributed by atoms with E-state index in [1.165, 1.54) is 0 Å². The molecule has 0 aliphatic carbocycles. The first-order valence-corrected chi connectivity index (χ1v) is 6.89. The highest BCUT2D eigenvalue weighted by molar-refractivity contribution is 5.78. The molecular weight excluding hydrogens is 252 g/mol. The highest BCUT2D eigenvalue weighted by atomic mass is 16.5. The predicted octanol–water partition coefficient (Wildman–Crippen LogP) is 4.17. The second-order valence-corrected chi connectivity index (χ2v) is 4.55. The molecule has 0 amide bonds. The molecule has 0 saturated heterocycles. The highest BCUT2D eigenvalue weighted by Gasteiger charge is 2.16. The van der Waals surface area contributed by atoms with Crippen molar-refractivity contribution in [2.45, 2.75) is 32.1 Å². The average Bonchev–Trinajstić information content (AvgIpc) is 2.46. The van der Waals surface area contributed by atoms with E-state index >= 15 is 0 Å². The first-order chi connectivity index (χ1) is 9.69. The quantitative estimate of drug-likeness (QED) is 0.571. The monoisotopic (exact) mass is 274 g/mol. The van der Waals surface area contributed by atoms with Crippen molar-refractivity contribution in [3.63, 3.8) is 0 Å². The molecule has 0 aliphatic heterocycles. The highest BCUT2D eigenvalue weighted by Crippen LogP contribution is 2.22. The first kappa shape index (κ1) is 16.0. The molecule has 0 aromatic heterocycles. The zero-order valence-electron chi connectivity index (χ0n) is 12.1. The molecule has 0 radical (unpaired) electrons. The number of methoxy groups -OCH3 is 1. The molecule has 1 N–H and O–H groups in total. The number of ether oxygens (including phenoxy) is 1. The van der Waals surface area contributed by atoms with Crippen LogP contribution in [0.3, 0.4) is 0 Å². The summed E-state index contributed by atoms with van der Waals surface area (Å²) >= 11 is 0. The Morgan fingerprint density at radius 3 is 2.85 bits per heavy atom. The Morgan fingerprint density at radius 1 is 1.40 bits per heavy atom. The van der Waals surface area contributed by atoms with Gasteiger partial charge >= 0.3 is 5.97 Å². The third kappa shape index (κ3) is 5.31. The summed E-state index contributed by atoms with van der Waals surface area (Å²) in [4.78, 5) is 11.3. The van der Waals surface area contributed by atoms with E-state index in [-0.39, 0.29) is 0 Å². The van der Waals surface area contributed by atoms with Crippen LogP contribution in [0.15, 0.2) is 48.6 Å². The van der Waals surface area contributed by atoms with Gasteiger partial charge in [0.05, 0.1) is 7.11 Å². The lowest BCUT2D eigenvalue weighted by atomic mass is 9.98. The van der Waals surface area contributed by atoms with Gasteiger partial charge < -0.3 is 9.84 Å². The Morgan fingerprint density at radius 2 is 2.20 bits per heavy atom. The van der Waals surface area contributed by atoms with Crippen LogP contribution in [-0.4, -0.2) is 18.2 Å². The third-order valence-corrected chi connectivity index (χ3v) is 2.99. The van der Waals surface area contributed by atoms with E-state index in [9.17, 15) is 9.90 Å². The minimum atomic E-state index is -0.864. The minimum absolute atomic E-state index is 0.652. The zero-order chi connectivity index (χ0) is 14.8. The van der Waals surface area contributed by atoms with Crippen molar-refractivity contribution in [1.29, 1.82) is 0 Å². The van der Waals surface area contributed by atoms with Crippen LogP contribution in [0.4, 0.5) is 0 Å². The minimum Gasteiger partial charge on any atom is -0.497 e. The number of carboxylic acid groups (broad SMARTS) is 1. The molecule has 0 fully saturated rings. The first-order valence-electron chi connectivity index (χ1n) is 6.89. The molecule has 0 aliphatic rings. The van der Waals surface area contributed by atoms with Crippen LogP contribution in [0.5, 0.6) is 5.75 Å². The van der Waals surface area contributed by atoms with Crippen molar-refractivity contribution in [1.82, 2.24) is 0 Å². The number of hydrogen-bond acceptors (Lipinski definition) is 2. The summed E-state index contributed by atoms with van der Waals surface area (Å²) in [6.07, 6.45) is 10.8. The molecule has 0 heterocycles. The van der Waals surface area contributed by atoms with E-state index in [1.54, 1.807) is 43.5 Å². The number of allylic oxidation sites excluding steroid dienone is 3. The summed E-state index contributed by atoms with van der Waals surface area (Å²) in [6, 6.07) is 7.15. The lowest BCUT2D eigenvalue weighted by molar-refractivity contribution is -0.137. The number of benzene rings is 1. The van der Waals surface area contributed by atoms with Crippen LogP contribution in [0.1, 0.15) is 37.7 Å². The fourth-order valence-corrected chi connectivity index (χ4v) is 1.84. The van der Waals surface area contributed by atoms with Gasteiger partial charge in [0.15, 0.2) is 0 Å². The van der Waals surface area contributed by atoms with E-state index in [1.807, 2.05) is 6.08 Å². The SMILES string of the molecule is CCCC/C=C/C=C/[C@H](C(=O)O)c1cccc(OC)c1. The smallest absolute Gasteiger partial charge is 0.314 e. The maximum atomic E-state index is 11.3. The normalized spacial score (nSPS) is 12.9. The Balaban J connectivity index is 2.76. The van der Waals surface area contributed by atoms with Gasteiger partial charge in [0, 0.05) is 0 Å². The molecule has 108 valence electrons. The standard InChI is InChI=1S/C17H22O3/c1-3-4-5-6-7-8-12-16(17(18)19)14-10-9-11-15(13-14)20-2/h6-13,16H,3-5H2,1-2H3,(H,18,19)/b7-6+,12-8+/t16-/m0/s1. The molecule has 0 spiro atoms. The van der Waals surface area contributed by atoms with E-state index in [4.69, 9.17) is 4.74 Å². The van der Waals surface area contributed by atoms with Crippen molar-refractivity contribution in [2.24, 2.45) is 0 Å². The number of carboxylic acids is 1. The molecular formula is C17H22O3. The molecule has 1 aromatic rings. The Bertz CT molecular complexity index is 475. The number of carbonyl (C=O) groups is 1. The molecule has 3 nitrogen and oxygen atoms in total. The summed E-state index contributed by atoms with van der Waals surface area (Å²) in [5.74, 6) is -0.849. The number of hydrogen-bond donors (Lipinski definition) is 1. The van der Waals surface area contributed by atoms with Gasteiger partial charge in [0.1, 0.15) is 11.7 Å². The van der Waals surface area contributed by atoms with Crippen molar-refractivity contribution < 1.29 is 14.6 Å². The van der Waals surface area contributed by atoms with Gasteiger partial charge in [-0.25, -0.2) is 0 Å². The third-order valence-electron chi connectivity index (χ3n) is 2.99. The van der Waals surface area contributed by atoms with Gasteiger partial charge in [0.25, 0.3) is 0 Å². The summed E-state index contributed by atoms with van der Waals surface area (Å²) in [5, 5.41) is 9.31. The van der Waals surface area contributed by atoms with Crippen LogP contribution in [0.25, 0.3) is 0 Å². The van der Waals surface area contributed by atoms with Gasteiger partial charge in [-0.05, 0) is 24.1 Å². The summed E-state index contributed by atoms with van der Waals surface area (Å²) in [5.41, 5.74) is 0.718. The van der Waals surface area contributed by atoms with Crippen molar-refractivity contribution in [3.8, 4) is 5.75 Å². The van der Waals surface area contributed by atoms with Gasteiger partial charge in [-0.2, -0.15) is 0 Å². The van der Waals surface area contributed by atoms with Crippen molar-refractivity contribution in [2.75, 3.05) is 7.11 Å². The zero-order valence-corrected chi connectivity index (χ0v) is 12.1. The van der Waals surface area contributed by atoms with Gasteiger partial charge in [-0.1, -0.05) is 56.2 Å². The molecule has 0 saturated carbocycles. The topological polar surface area (TPSA) is 46.5 Å². The molecule has 1 rings (SSSR count). The van der Waals surface area contributed by atoms with Crippen LogP contribution >= 0.6 is 0 Å². The average molecular weight is 274 g/mol. The molecule has 0 bridgehead atoms. The number of rotatable bonds is 8. The largest absolute Gasteiger partial charge is 0.497 e. The van der Waals surface area contributed by atoms with E-state index in [0.717, 1.165) is 24.8 Å². The predicted molar refractivity (Wildman–Crippen MR) is 81.2 cm³/mol. The molecule has 0 unspecified atom stereocenters. The van der Waals surface area contributed by atoms with Crippen LogP contribution in [-0.2, 0) is 4.79 Å². The Kier molecular flexibility index (Phi) is 7.18. The van der Waals surface area contributed by atoms with Crippen molar-refractivity contribution in [3.05, 3.63) is 54.1 Å². The van der Waals surface area contributed by atoms with Gasteiger partial charge in [0.2, 0.25) is 0 Å². The fourth-order valence-electron chi connectivity index (χ4n) is 1.84. The Labute approximate surface area is 120 Å². The Hall–Kier alpha value is -2.03. The summed E-state index contributed by atoms with van der Waals surface area (Å²) in [7, 11) is 1.57. The molecule has 1 aromatic carbocycles. The lowest BCUT2D eigenvalue weighted by Crippen LogP contribution is -2.08. The lowest BCUT2D eigenvalue weighted by Gasteiger charge is -2.09. The van der Waals surface area contributed by atoms with Crippen LogP contribution < -0.4 is 4.74 Å². The van der Waals surface area contributed by atoms with E-state index in [2.05, 4.69) is 13.0 Å². The molecule has 1 atom stereocenters. The van der Waals surface area contributed by atoms with Crippen LogP contribution in [0, 0.1) is 0 Å². The van der Waals surface area contributed by atoms with E-state index in [0.29, 0.717) is 5.75 Å². The fraction of sp³-hybridized carbons (Fsp3) is 0.353. The summed E-state index contributed by atoms with van der Waals surface area (Å²) < 4.78 is 5.12. The number of aliphatic carboxylic acids is 1. The van der Waals surface area contributed by atoms with Crippen molar-refractivity contribution >= 4 is 5.97 Å². The molecule has 3 heteroatoms. The second-order valence-electron chi connectivity index (χ2n) is 4.55. The molecule has 20 heavy (non-hydrogen) atoms. The maximum absolute atomic E-state index is 11.3. The van der Waals surface area contributed by atoms with Gasteiger partial charge in [-0.3, -0.25) is 4.79 Å². The number of unbranched alkanes of at least 4 members (excludes halogenated alkanes) is 2.